The fraction of sp³-hybridized carbons (Fsp3) is 0.750. The molecular formula is C12H23NO. The zero-order valence-electron chi connectivity index (χ0n) is 10.3. The summed E-state index contributed by atoms with van der Waals surface area (Å²) in [6.07, 6.45) is 3.11. The van der Waals surface area contributed by atoms with Crippen molar-refractivity contribution in [2.75, 3.05) is 0 Å². The Hall–Kier alpha value is -0.790. The smallest absolute Gasteiger partial charge is 0.0655 e. The Morgan fingerprint density at radius 2 is 1.86 bits per heavy atom. The van der Waals surface area contributed by atoms with Gasteiger partial charge in [0.15, 0.2) is 0 Å². The van der Waals surface area contributed by atoms with Gasteiger partial charge >= 0.3 is 0 Å². The van der Waals surface area contributed by atoms with Gasteiger partial charge in [-0.05, 0) is 26.2 Å². The second-order valence-corrected chi connectivity index (χ2v) is 5.01. The van der Waals surface area contributed by atoms with Crippen molar-refractivity contribution in [2.45, 2.75) is 48.0 Å². The van der Waals surface area contributed by atoms with Gasteiger partial charge in [0.2, 0.25) is 0 Å². The lowest BCUT2D eigenvalue weighted by Crippen LogP contribution is -2.28. The standard InChI is InChI=1S/C12H23NO/c1-9(2)7-8-12(5,6)11(13-14)10(3)4/h7,10,14H,8H2,1-6H3/b13-11+. The normalized spacial score (nSPS) is 13.2. The lowest BCUT2D eigenvalue weighted by Gasteiger charge is -2.26. The summed E-state index contributed by atoms with van der Waals surface area (Å²) >= 11 is 0. The van der Waals surface area contributed by atoms with E-state index in [4.69, 9.17) is 5.21 Å². The van der Waals surface area contributed by atoms with Gasteiger partial charge in [-0.1, -0.05) is 44.5 Å². The average Bonchev–Trinajstić information content (AvgIpc) is 2.01. The molecule has 0 aromatic rings. The highest BCUT2D eigenvalue weighted by molar-refractivity contribution is 5.90. The molecule has 0 aliphatic heterocycles. The molecule has 1 N–H and O–H groups in total. The molecule has 0 aliphatic carbocycles. The number of nitrogens with zero attached hydrogens (tertiary/aromatic N) is 1. The van der Waals surface area contributed by atoms with E-state index in [0.717, 1.165) is 12.1 Å². The fourth-order valence-corrected chi connectivity index (χ4v) is 1.60. The zero-order valence-corrected chi connectivity index (χ0v) is 10.3. The topological polar surface area (TPSA) is 32.6 Å². The van der Waals surface area contributed by atoms with Crippen molar-refractivity contribution < 1.29 is 5.21 Å². The third-order valence-corrected chi connectivity index (χ3v) is 2.37. The van der Waals surface area contributed by atoms with Gasteiger partial charge in [0.25, 0.3) is 0 Å². The molecule has 2 nitrogen and oxygen atoms in total. The Bertz CT molecular complexity index is 233. The van der Waals surface area contributed by atoms with E-state index in [0.29, 0.717) is 5.92 Å². The number of oxime groups is 1. The van der Waals surface area contributed by atoms with Gasteiger partial charge in [0, 0.05) is 5.41 Å². The van der Waals surface area contributed by atoms with Crippen molar-refractivity contribution >= 4 is 5.71 Å². The molecule has 0 bridgehead atoms. The van der Waals surface area contributed by atoms with Crippen molar-refractivity contribution in [3.63, 3.8) is 0 Å². The maximum atomic E-state index is 8.96. The minimum Gasteiger partial charge on any atom is -0.411 e. The molecule has 0 unspecified atom stereocenters. The van der Waals surface area contributed by atoms with Gasteiger partial charge in [-0.25, -0.2) is 0 Å². The Labute approximate surface area is 87.7 Å². The van der Waals surface area contributed by atoms with Crippen LogP contribution in [0.1, 0.15) is 48.0 Å². The average molecular weight is 197 g/mol. The van der Waals surface area contributed by atoms with Crippen molar-refractivity contribution in [1.82, 2.24) is 0 Å². The van der Waals surface area contributed by atoms with Crippen molar-refractivity contribution in [3.8, 4) is 0 Å². The molecule has 14 heavy (non-hydrogen) atoms. The van der Waals surface area contributed by atoms with Gasteiger partial charge in [-0.15, -0.1) is 0 Å². The van der Waals surface area contributed by atoms with Gasteiger partial charge < -0.3 is 5.21 Å². The minimum atomic E-state index is -0.0554. The first-order valence-electron chi connectivity index (χ1n) is 5.17. The Kier molecular flexibility index (Phi) is 4.89. The highest BCUT2D eigenvalue weighted by Crippen LogP contribution is 2.27. The lowest BCUT2D eigenvalue weighted by molar-refractivity contribution is 0.303. The van der Waals surface area contributed by atoms with Crippen LogP contribution in [0.4, 0.5) is 0 Å². The van der Waals surface area contributed by atoms with Gasteiger partial charge in [-0.2, -0.15) is 0 Å². The van der Waals surface area contributed by atoms with Crippen molar-refractivity contribution in [2.24, 2.45) is 16.5 Å². The van der Waals surface area contributed by atoms with E-state index < -0.39 is 0 Å². The molecule has 82 valence electrons. The monoisotopic (exact) mass is 197 g/mol. The summed E-state index contributed by atoms with van der Waals surface area (Å²) in [6, 6.07) is 0. The molecule has 0 amide bonds. The van der Waals surface area contributed by atoms with E-state index in [-0.39, 0.29) is 5.41 Å². The second-order valence-electron chi connectivity index (χ2n) is 5.01. The summed E-state index contributed by atoms with van der Waals surface area (Å²) in [7, 11) is 0. The molecule has 0 aliphatic rings. The largest absolute Gasteiger partial charge is 0.411 e. The second kappa shape index (κ2) is 5.18. The highest BCUT2D eigenvalue weighted by atomic mass is 16.4. The van der Waals surface area contributed by atoms with Crippen LogP contribution in [-0.2, 0) is 0 Å². The van der Waals surface area contributed by atoms with Crippen molar-refractivity contribution in [3.05, 3.63) is 11.6 Å². The van der Waals surface area contributed by atoms with Crippen LogP contribution in [0.2, 0.25) is 0 Å². The molecule has 0 aromatic heterocycles. The predicted octanol–water partition coefficient (Wildman–Crippen LogP) is 3.86. The van der Waals surface area contributed by atoms with Crippen LogP contribution in [0, 0.1) is 11.3 Å². The van der Waals surface area contributed by atoms with Crippen LogP contribution in [0.3, 0.4) is 0 Å². The Balaban J connectivity index is 4.67. The van der Waals surface area contributed by atoms with E-state index in [2.05, 4.69) is 52.8 Å². The van der Waals surface area contributed by atoms with Crippen LogP contribution in [0.25, 0.3) is 0 Å². The quantitative estimate of drug-likeness (QED) is 0.316. The summed E-state index contributed by atoms with van der Waals surface area (Å²) in [5.74, 6) is 0.292. The maximum Gasteiger partial charge on any atom is 0.0655 e. The van der Waals surface area contributed by atoms with E-state index in [1.54, 1.807) is 0 Å². The molecule has 0 saturated carbocycles. The molecular weight excluding hydrogens is 174 g/mol. The summed E-state index contributed by atoms with van der Waals surface area (Å²) in [6.45, 7) is 12.5. The van der Waals surface area contributed by atoms with Gasteiger partial charge in [0.05, 0.1) is 5.71 Å². The third-order valence-electron chi connectivity index (χ3n) is 2.37. The lowest BCUT2D eigenvalue weighted by atomic mass is 9.78. The number of hydrogen-bond acceptors (Lipinski definition) is 2. The molecule has 2 heteroatoms. The summed E-state index contributed by atoms with van der Waals surface area (Å²) in [5.41, 5.74) is 2.12. The fourth-order valence-electron chi connectivity index (χ4n) is 1.60. The molecule has 0 heterocycles. The molecule has 0 saturated heterocycles. The first-order chi connectivity index (χ1) is 6.31. The maximum absolute atomic E-state index is 8.96. The SMILES string of the molecule is CC(C)=CCC(C)(C)/C(=N/O)C(C)C. The molecule has 0 atom stereocenters. The first kappa shape index (κ1) is 13.2. The summed E-state index contributed by atoms with van der Waals surface area (Å²) in [5, 5.41) is 12.4. The molecule has 0 rings (SSSR count). The van der Waals surface area contributed by atoms with Crippen LogP contribution in [0.15, 0.2) is 16.8 Å². The van der Waals surface area contributed by atoms with E-state index in [9.17, 15) is 0 Å². The Morgan fingerprint density at radius 3 is 2.14 bits per heavy atom. The van der Waals surface area contributed by atoms with E-state index >= 15 is 0 Å². The molecule has 0 spiro atoms. The predicted molar refractivity (Wildman–Crippen MR) is 61.9 cm³/mol. The Morgan fingerprint density at radius 1 is 1.36 bits per heavy atom. The molecule has 0 aromatic carbocycles. The zero-order chi connectivity index (χ0) is 11.4. The molecule has 0 fully saturated rings. The minimum absolute atomic E-state index is 0.0554. The van der Waals surface area contributed by atoms with E-state index in [1.165, 1.54) is 5.57 Å². The van der Waals surface area contributed by atoms with E-state index in [1.807, 2.05) is 0 Å². The van der Waals surface area contributed by atoms with Gasteiger partial charge in [0.1, 0.15) is 0 Å². The van der Waals surface area contributed by atoms with Crippen molar-refractivity contribution in [1.29, 1.82) is 0 Å². The first-order valence-corrected chi connectivity index (χ1v) is 5.17. The number of rotatable bonds is 4. The number of allylic oxidation sites excluding steroid dienone is 2. The van der Waals surface area contributed by atoms with Crippen LogP contribution >= 0.6 is 0 Å². The van der Waals surface area contributed by atoms with Crippen LogP contribution in [0.5, 0.6) is 0 Å². The van der Waals surface area contributed by atoms with Crippen LogP contribution in [-0.4, -0.2) is 10.9 Å². The van der Waals surface area contributed by atoms with Crippen LogP contribution < -0.4 is 0 Å². The molecule has 0 radical (unpaired) electrons. The van der Waals surface area contributed by atoms with Gasteiger partial charge in [-0.3, -0.25) is 0 Å². The summed E-state index contributed by atoms with van der Waals surface area (Å²) in [4.78, 5) is 0. The summed E-state index contributed by atoms with van der Waals surface area (Å²) < 4.78 is 0. The third kappa shape index (κ3) is 3.95. The number of hydrogen-bond donors (Lipinski definition) is 1. The highest BCUT2D eigenvalue weighted by Gasteiger charge is 2.26.